The van der Waals surface area contributed by atoms with Gasteiger partial charge in [0.05, 0.1) is 14.2 Å². The first-order valence-electron chi connectivity index (χ1n) is 7.79. The molecule has 0 unspecified atom stereocenters. The Morgan fingerprint density at radius 1 is 0.724 bits per heavy atom. The second-order valence-electron chi connectivity index (χ2n) is 5.18. The van der Waals surface area contributed by atoms with Crippen LogP contribution >= 0.6 is 0 Å². The van der Waals surface area contributed by atoms with Gasteiger partial charge in [0.15, 0.2) is 0 Å². The molecule has 148 valence electrons. The number of benzene rings is 2. The number of rotatable bonds is 6. The molecule has 0 aliphatic rings. The Morgan fingerprint density at radius 2 is 1.00 bits per heavy atom. The molecule has 0 atom stereocenters. The molecule has 2 rings (SSSR count). The van der Waals surface area contributed by atoms with E-state index in [2.05, 4.69) is 9.47 Å². The molecule has 2 N–H and O–H groups in total. The van der Waals surface area contributed by atoms with Gasteiger partial charge in [0.25, 0.3) is 0 Å². The Bertz CT molecular complexity index is 782. The van der Waals surface area contributed by atoms with E-state index in [0.717, 1.165) is 0 Å². The topological polar surface area (TPSA) is 139 Å². The van der Waals surface area contributed by atoms with Gasteiger partial charge in [-0.15, -0.1) is 0 Å². The van der Waals surface area contributed by atoms with Crippen molar-refractivity contribution in [2.45, 2.75) is 0 Å². The maximum absolute atomic E-state index is 10.4. The monoisotopic (exact) mass is 474 g/mol. The number of hydrogen-bond acceptors (Lipinski definition) is 8. The maximum atomic E-state index is 10.4. The number of carbonyl (C=O) groups is 2. The van der Waals surface area contributed by atoms with E-state index in [0.29, 0.717) is 11.1 Å². The first-order chi connectivity index (χ1) is 13.3. The van der Waals surface area contributed by atoms with Gasteiger partial charge in [0, 0.05) is 0 Å². The standard InChI is InChI=1S/2C10H10O4.Sr/c2*1-14-9(10(12)13)6-7-2-4-8(11)5-3-7;/h2*2-6,11H,1H3,(H,12,13);/q;;+2/p-2. The van der Waals surface area contributed by atoms with Gasteiger partial charge >= 0.3 is 45.5 Å². The summed E-state index contributed by atoms with van der Waals surface area (Å²) in [6.07, 6.45) is 2.63. The fourth-order valence-corrected chi connectivity index (χ4v) is 1.85. The van der Waals surface area contributed by atoms with Crippen LogP contribution in [-0.4, -0.2) is 81.9 Å². The zero-order chi connectivity index (χ0) is 21.1. The summed E-state index contributed by atoms with van der Waals surface area (Å²) in [5.74, 6) is -3.02. The zero-order valence-electron chi connectivity index (χ0n) is 15.8. The Kier molecular flexibility index (Phi) is 12.5. The summed E-state index contributed by atoms with van der Waals surface area (Å²) in [6, 6.07) is 12.1. The Morgan fingerprint density at radius 3 is 1.21 bits per heavy atom. The average molecular weight is 474 g/mol. The Labute approximate surface area is 204 Å². The molecule has 0 aliphatic heterocycles. The molecular formula is C20H18O8Sr. The summed E-state index contributed by atoms with van der Waals surface area (Å²) < 4.78 is 9.16. The molecule has 0 saturated carbocycles. The van der Waals surface area contributed by atoms with Gasteiger partial charge < -0.3 is 39.5 Å². The number of phenols is 2. The third-order valence-electron chi connectivity index (χ3n) is 3.22. The fourth-order valence-electron chi connectivity index (χ4n) is 1.85. The van der Waals surface area contributed by atoms with Gasteiger partial charge in [-0.2, -0.15) is 0 Å². The minimum atomic E-state index is -1.37. The quantitative estimate of drug-likeness (QED) is 0.336. The van der Waals surface area contributed by atoms with Crippen LogP contribution < -0.4 is 10.2 Å². The molecule has 0 heterocycles. The summed E-state index contributed by atoms with van der Waals surface area (Å²) in [6.45, 7) is 0. The molecule has 0 amide bonds. The van der Waals surface area contributed by atoms with Crippen molar-refractivity contribution in [1.82, 2.24) is 0 Å². The third-order valence-corrected chi connectivity index (χ3v) is 3.22. The fraction of sp³-hybridized carbons (Fsp3) is 0.100. The summed E-state index contributed by atoms with van der Waals surface area (Å²) in [5, 5.41) is 38.8. The summed E-state index contributed by atoms with van der Waals surface area (Å²) in [4.78, 5) is 20.9. The first-order valence-corrected chi connectivity index (χ1v) is 7.79. The number of aliphatic carboxylic acids is 2. The van der Waals surface area contributed by atoms with Crippen molar-refractivity contribution in [3.05, 3.63) is 71.2 Å². The minimum absolute atomic E-state index is 0. The van der Waals surface area contributed by atoms with Crippen molar-refractivity contribution in [3.8, 4) is 11.5 Å². The van der Waals surface area contributed by atoms with Crippen LogP contribution in [0.4, 0.5) is 0 Å². The van der Waals surface area contributed by atoms with Crippen LogP contribution in [0.3, 0.4) is 0 Å². The third kappa shape index (κ3) is 10.0. The van der Waals surface area contributed by atoms with Gasteiger partial charge in [-0.05, 0) is 47.5 Å². The second-order valence-corrected chi connectivity index (χ2v) is 5.18. The molecule has 2 aromatic rings. The molecule has 0 radical (unpaired) electrons. The number of aromatic hydroxyl groups is 2. The van der Waals surface area contributed by atoms with Gasteiger partial charge in [-0.25, -0.2) is 0 Å². The van der Waals surface area contributed by atoms with Crippen LogP contribution in [0, 0.1) is 0 Å². The number of hydrogen-bond donors (Lipinski definition) is 2. The van der Waals surface area contributed by atoms with Crippen molar-refractivity contribution >= 4 is 69.6 Å². The van der Waals surface area contributed by atoms with Crippen LogP contribution in [0.5, 0.6) is 11.5 Å². The SMILES string of the molecule is COC(=Cc1ccc(O)cc1)C(=O)[O-].COC(=Cc1ccc(O)cc1)C(=O)[O-].[Sr+2]. The van der Waals surface area contributed by atoms with E-state index in [4.69, 9.17) is 10.2 Å². The van der Waals surface area contributed by atoms with Gasteiger partial charge in [-0.1, -0.05) is 24.3 Å². The summed E-state index contributed by atoms with van der Waals surface area (Å²) >= 11 is 0. The van der Waals surface area contributed by atoms with Crippen LogP contribution in [0.25, 0.3) is 12.2 Å². The maximum Gasteiger partial charge on any atom is 2.00 e. The number of carboxylic acids is 2. The summed E-state index contributed by atoms with van der Waals surface area (Å²) in [7, 11) is 2.50. The zero-order valence-corrected chi connectivity index (χ0v) is 19.3. The van der Waals surface area contributed by atoms with Crippen LogP contribution in [0.15, 0.2) is 60.0 Å². The van der Waals surface area contributed by atoms with Crippen molar-refractivity contribution in [2.75, 3.05) is 14.2 Å². The molecule has 0 bridgehead atoms. The normalized spacial score (nSPS) is 10.7. The van der Waals surface area contributed by atoms with Gasteiger partial charge in [0.2, 0.25) is 0 Å². The molecule has 0 spiro atoms. The number of methoxy groups -OCH3 is 2. The van der Waals surface area contributed by atoms with E-state index in [9.17, 15) is 19.8 Å². The Balaban J connectivity index is 0.000000523. The van der Waals surface area contributed by atoms with E-state index < -0.39 is 11.9 Å². The van der Waals surface area contributed by atoms with E-state index in [-0.39, 0.29) is 68.5 Å². The van der Waals surface area contributed by atoms with E-state index >= 15 is 0 Å². The molecule has 0 saturated heterocycles. The van der Waals surface area contributed by atoms with Crippen molar-refractivity contribution in [1.29, 1.82) is 0 Å². The Hall–Kier alpha value is -2.46. The predicted octanol–water partition coefficient (Wildman–Crippen LogP) is -0.122. The largest absolute Gasteiger partial charge is 2.00 e. The van der Waals surface area contributed by atoms with Crippen LogP contribution in [0.2, 0.25) is 0 Å². The van der Waals surface area contributed by atoms with E-state index in [1.54, 1.807) is 24.3 Å². The van der Waals surface area contributed by atoms with Gasteiger partial charge in [0.1, 0.15) is 35.0 Å². The molecule has 0 aromatic heterocycles. The molecule has 9 heteroatoms. The molecule has 8 nitrogen and oxygen atoms in total. The van der Waals surface area contributed by atoms with E-state index in [1.807, 2.05) is 0 Å². The second kappa shape index (κ2) is 13.7. The number of carboxylic acid groups (broad SMARTS) is 2. The number of phenolic OH excluding ortho intramolecular Hbond substituents is 2. The van der Waals surface area contributed by atoms with Gasteiger partial charge in [-0.3, -0.25) is 0 Å². The molecular weight excluding hydrogens is 456 g/mol. The van der Waals surface area contributed by atoms with Crippen LogP contribution in [-0.2, 0) is 19.1 Å². The van der Waals surface area contributed by atoms with Crippen molar-refractivity contribution < 1.29 is 39.5 Å². The number of carbonyl (C=O) groups excluding carboxylic acids is 2. The van der Waals surface area contributed by atoms with Crippen molar-refractivity contribution in [2.24, 2.45) is 0 Å². The molecule has 0 fully saturated rings. The average Bonchev–Trinajstić information content (AvgIpc) is 2.67. The van der Waals surface area contributed by atoms with E-state index in [1.165, 1.54) is 50.6 Å². The summed E-state index contributed by atoms with van der Waals surface area (Å²) in [5.41, 5.74) is 1.23. The first kappa shape index (κ1) is 26.5. The van der Waals surface area contributed by atoms with Crippen molar-refractivity contribution in [3.63, 3.8) is 0 Å². The molecule has 29 heavy (non-hydrogen) atoms. The molecule has 2 aromatic carbocycles. The minimum Gasteiger partial charge on any atom is -0.542 e. The number of ether oxygens (including phenoxy) is 2. The molecule has 0 aliphatic carbocycles. The predicted molar refractivity (Wildman–Crippen MR) is 102 cm³/mol. The smallest absolute Gasteiger partial charge is 0.542 e. The van der Waals surface area contributed by atoms with Crippen LogP contribution in [0.1, 0.15) is 11.1 Å².